The van der Waals surface area contributed by atoms with Gasteiger partial charge in [0, 0.05) is 32.0 Å². The smallest absolute Gasteiger partial charge is 0.0948 e. The molecule has 0 aromatic carbocycles. The van der Waals surface area contributed by atoms with Gasteiger partial charge >= 0.3 is 0 Å². The van der Waals surface area contributed by atoms with Gasteiger partial charge in [-0.05, 0) is 44.6 Å². The van der Waals surface area contributed by atoms with Crippen LogP contribution >= 0.6 is 0 Å². The predicted molar refractivity (Wildman–Crippen MR) is 75.0 cm³/mol. The Balaban J connectivity index is 1.43. The average molecular weight is 263 g/mol. The molecule has 1 unspecified atom stereocenters. The number of nitrogens with zero attached hydrogens (tertiary/aromatic N) is 2. The highest BCUT2D eigenvalue weighted by Crippen LogP contribution is 2.28. The number of hydrogen-bond acceptors (Lipinski definition) is 3. The Kier molecular flexibility index (Phi) is 4.51. The monoisotopic (exact) mass is 263 g/mol. The van der Waals surface area contributed by atoms with Crippen LogP contribution in [0.15, 0.2) is 12.5 Å². The lowest BCUT2D eigenvalue weighted by Gasteiger charge is -2.24. The van der Waals surface area contributed by atoms with Crippen molar-refractivity contribution >= 4 is 0 Å². The molecule has 2 heterocycles. The molecule has 1 aliphatic carbocycles. The van der Waals surface area contributed by atoms with Crippen molar-refractivity contribution in [3.05, 3.63) is 18.2 Å². The molecule has 1 aromatic heterocycles. The van der Waals surface area contributed by atoms with Crippen LogP contribution in [0.4, 0.5) is 0 Å². The minimum Gasteiger partial charge on any atom is -0.381 e. The lowest BCUT2D eigenvalue weighted by atomic mass is 10.0. The second kappa shape index (κ2) is 6.53. The number of aromatic nitrogens is 2. The summed E-state index contributed by atoms with van der Waals surface area (Å²) in [5.74, 6) is 0.871. The van der Waals surface area contributed by atoms with Gasteiger partial charge in [-0.2, -0.15) is 0 Å². The third kappa shape index (κ3) is 3.80. The van der Waals surface area contributed by atoms with Gasteiger partial charge in [0.15, 0.2) is 0 Å². The Bertz CT molecular complexity index is 380. The first kappa shape index (κ1) is 13.1. The van der Waals surface area contributed by atoms with Crippen molar-refractivity contribution < 1.29 is 4.74 Å². The highest BCUT2D eigenvalue weighted by Gasteiger charge is 2.21. The van der Waals surface area contributed by atoms with E-state index in [2.05, 4.69) is 14.9 Å². The summed E-state index contributed by atoms with van der Waals surface area (Å²) in [7, 11) is 0. The fourth-order valence-electron chi connectivity index (χ4n) is 2.78. The molecule has 106 valence electrons. The number of piperidine rings is 1. The molecule has 1 N–H and O–H groups in total. The molecule has 1 saturated carbocycles. The van der Waals surface area contributed by atoms with Gasteiger partial charge in [-0.3, -0.25) is 0 Å². The van der Waals surface area contributed by atoms with Crippen LogP contribution in [0.5, 0.6) is 0 Å². The van der Waals surface area contributed by atoms with E-state index in [-0.39, 0.29) is 0 Å². The highest BCUT2D eigenvalue weighted by molar-refractivity contribution is 5.06. The van der Waals surface area contributed by atoms with E-state index in [0.717, 1.165) is 38.6 Å². The van der Waals surface area contributed by atoms with Crippen molar-refractivity contribution in [3.8, 4) is 0 Å². The molecule has 2 fully saturated rings. The number of imidazole rings is 1. The van der Waals surface area contributed by atoms with Crippen LogP contribution in [0, 0.1) is 5.92 Å². The number of rotatable bonds is 7. The molecule has 2 aliphatic rings. The van der Waals surface area contributed by atoms with Crippen LogP contribution in [-0.4, -0.2) is 29.3 Å². The number of hydrogen-bond donors (Lipinski definition) is 1. The van der Waals surface area contributed by atoms with Gasteiger partial charge in [-0.15, -0.1) is 0 Å². The van der Waals surface area contributed by atoms with Crippen molar-refractivity contribution in [3.63, 3.8) is 0 Å². The first-order chi connectivity index (χ1) is 9.43. The van der Waals surface area contributed by atoms with Gasteiger partial charge in [0.25, 0.3) is 0 Å². The summed E-state index contributed by atoms with van der Waals surface area (Å²) >= 11 is 0. The van der Waals surface area contributed by atoms with Crippen LogP contribution in [0.25, 0.3) is 0 Å². The zero-order chi connectivity index (χ0) is 12.9. The third-order valence-corrected chi connectivity index (χ3v) is 4.15. The van der Waals surface area contributed by atoms with Crippen molar-refractivity contribution in [1.29, 1.82) is 0 Å². The number of aryl methyl sites for hydroxylation is 1. The quantitative estimate of drug-likeness (QED) is 0.768. The fraction of sp³-hybridized carbons (Fsp3) is 0.800. The summed E-state index contributed by atoms with van der Waals surface area (Å²) in [4.78, 5) is 4.32. The van der Waals surface area contributed by atoms with Gasteiger partial charge in [0.2, 0.25) is 0 Å². The van der Waals surface area contributed by atoms with Gasteiger partial charge in [-0.1, -0.05) is 6.42 Å². The maximum absolute atomic E-state index is 5.69. The van der Waals surface area contributed by atoms with Crippen molar-refractivity contribution in [2.24, 2.45) is 5.92 Å². The molecular formula is C15H25N3O. The maximum atomic E-state index is 5.69. The summed E-state index contributed by atoms with van der Waals surface area (Å²) in [5, 5.41) is 3.59. The summed E-state index contributed by atoms with van der Waals surface area (Å²) in [6.07, 6.45) is 11.7. The molecule has 19 heavy (non-hydrogen) atoms. The van der Waals surface area contributed by atoms with E-state index in [1.807, 2.05) is 12.5 Å². The van der Waals surface area contributed by atoms with Crippen LogP contribution < -0.4 is 5.32 Å². The Morgan fingerprint density at radius 1 is 1.32 bits per heavy atom. The van der Waals surface area contributed by atoms with E-state index < -0.39 is 0 Å². The minimum absolute atomic E-state index is 0.503. The molecule has 1 saturated heterocycles. The Hall–Kier alpha value is -0.870. The fourth-order valence-corrected chi connectivity index (χ4v) is 2.78. The molecule has 0 spiro atoms. The second-order valence-electron chi connectivity index (χ2n) is 5.89. The first-order valence-corrected chi connectivity index (χ1v) is 7.74. The molecule has 4 heteroatoms. The lowest BCUT2D eigenvalue weighted by molar-refractivity contribution is 0.119. The minimum atomic E-state index is 0.503. The maximum Gasteiger partial charge on any atom is 0.0948 e. The first-order valence-electron chi connectivity index (χ1n) is 7.74. The molecule has 3 rings (SSSR count). The molecule has 0 radical (unpaired) electrons. The van der Waals surface area contributed by atoms with Crippen LogP contribution in [0.3, 0.4) is 0 Å². The van der Waals surface area contributed by atoms with E-state index in [9.17, 15) is 0 Å². The third-order valence-electron chi connectivity index (χ3n) is 4.15. The molecule has 1 aliphatic heterocycles. The Labute approximate surface area is 115 Å². The Morgan fingerprint density at radius 2 is 2.26 bits per heavy atom. The molecule has 0 amide bonds. The number of ether oxygens (including phenoxy) is 1. The van der Waals surface area contributed by atoms with E-state index in [1.165, 1.54) is 37.8 Å². The van der Waals surface area contributed by atoms with E-state index in [4.69, 9.17) is 4.74 Å². The standard InChI is InChI=1S/C15H25N3O/c1-2-7-17-14(4-1)15-10-16-12-18(15)8-3-9-19-11-13-5-6-13/h10,12-14,17H,1-9,11H2. The van der Waals surface area contributed by atoms with Gasteiger partial charge in [-0.25, -0.2) is 4.98 Å². The summed E-state index contributed by atoms with van der Waals surface area (Å²) in [5.41, 5.74) is 1.35. The van der Waals surface area contributed by atoms with Gasteiger partial charge in [0.05, 0.1) is 12.0 Å². The average Bonchev–Trinajstić information content (AvgIpc) is 3.16. The van der Waals surface area contributed by atoms with Crippen molar-refractivity contribution in [1.82, 2.24) is 14.9 Å². The van der Waals surface area contributed by atoms with Crippen molar-refractivity contribution in [2.45, 2.75) is 51.1 Å². The van der Waals surface area contributed by atoms with E-state index in [0.29, 0.717) is 6.04 Å². The van der Waals surface area contributed by atoms with Gasteiger partial charge < -0.3 is 14.6 Å². The molecular weight excluding hydrogens is 238 g/mol. The van der Waals surface area contributed by atoms with Crippen LogP contribution in [-0.2, 0) is 11.3 Å². The number of nitrogens with one attached hydrogen (secondary N) is 1. The zero-order valence-corrected chi connectivity index (χ0v) is 11.7. The summed E-state index contributed by atoms with van der Waals surface area (Å²) in [6.45, 7) is 4.02. The van der Waals surface area contributed by atoms with Crippen molar-refractivity contribution in [2.75, 3.05) is 19.8 Å². The molecule has 1 aromatic rings. The van der Waals surface area contributed by atoms with Crippen LogP contribution in [0.1, 0.15) is 50.3 Å². The summed E-state index contributed by atoms with van der Waals surface area (Å²) in [6, 6.07) is 0.503. The van der Waals surface area contributed by atoms with E-state index in [1.54, 1.807) is 0 Å². The largest absolute Gasteiger partial charge is 0.381 e. The zero-order valence-electron chi connectivity index (χ0n) is 11.7. The SMILES string of the molecule is c1ncn(CCCOCC2CC2)c1C1CCCCN1. The second-order valence-corrected chi connectivity index (χ2v) is 5.89. The predicted octanol–water partition coefficient (Wildman–Crippen LogP) is 2.51. The molecule has 1 atom stereocenters. The molecule has 0 bridgehead atoms. The van der Waals surface area contributed by atoms with Gasteiger partial charge in [0.1, 0.15) is 0 Å². The lowest BCUT2D eigenvalue weighted by Crippen LogP contribution is -2.28. The molecule has 4 nitrogen and oxygen atoms in total. The normalized spacial score (nSPS) is 23.7. The highest BCUT2D eigenvalue weighted by atomic mass is 16.5. The summed E-state index contributed by atoms with van der Waals surface area (Å²) < 4.78 is 7.99. The topological polar surface area (TPSA) is 39.1 Å². The van der Waals surface area contributed by atoms with E-state index >= 15 is 0 Å². The Morgan fingerprint density at radius 3 is 3.05 bits per heavy atom. The van der Waals surface area contributed by atoms with Crippen LogP contribution in [0.2, 0.25) is 0 Å².